The Hall–Kier alpha value is -1.36. The van der Waals surface area contributed by atoms with Crippen molar-refractivity contribution in [2.75, 3.05) is 7.11 Å². The molecule has 0 fully saturated rings. The van der Waals surface area contributed by atoms with Gasteiger partial charge in [-0.15, -0.1) is 0 Å². The highest BCUT2D eigenvalue weighted by Crippen LogP contribution is 2.18. The lowest BCUT2D eigenvalue weighted by Crippen LogP contribution is -2.32. The van der Waals surface area contributed by atoms with E-state index < -0.39 is 12.0 Å². The van der Waals surface area contributed by atoms with Gasteiger partial charge in [-0.3, -0.25) is 4.79 Å². The van der Waals surface area contributed by atoms with E-state index in [1.165, 1.54) is 14.0 Å². The highest BCUT2D eigenvalue weighted by Gasteiger charge is 2.21. The summed E-state index contributed by atoms with van der Waals surface area (Å²) in [4.78, 5) is 22.5. The van der Waals surface area contributed by atoms with Crippen LogP contribution in [0.15, 0.2) is 28.7 Å². The summed E-state index contributed by atoms with van der Waals surface area (Å²) in [5, 5.41) is 2.54. The van der Waals surface area contributed by atoms with E-state index in [4.69, 9.17) is 0 Å². The summed E-state index contributed by atoms with van der Waals surface area (Å²) in [6.07, 6.45) is 0. The number of esters is 1. The number of methoxy groups -OCH3 is 1. The van der Waals surface area contributed by atoms with Crippen LogP contribution in [0.1, 0.15) is 18.5 Å². The third kappa shape index (κ3) is 3.34. The van der Waals surface area contributed by atoms with Crippen molar-refractivity contribution in [1.82, 2.24) is 5.32 Å². The maximum absolute atomic E-state index is 11.5. The van der Waals surface area contributed by atoms with Gasteiger partial charge in [0.2, 0.25) is 5.91 Å². The van der Waals surface area contributed by atoms with Crippen molar-refractivity contribution in [2.24, 2.45) is 0 Å². The number of hydrogen-bond donors (Lipinski definition) is 1. The lowest BCUT2D eigenvalue weighted by molar-refractivity contribution is -0.145. The van der Waals surface area contributed by atoms with Crippen LogP contribution in [-0.4, -0.2) is 19.0 Å². The molecule has 0 saturated heterocycles. The van der Waals surface area contributed by atoms with E-state index in [-0.39, 0.29) is 5.91 Å². The van der Waals surface area contributed by atoms with Gasteiger partial charge in [-0.05, 0) is 17.7 Å². The third-order valence-corrected chi connectivity index (χ3v) is 2.52. The Kier molecular flexibility index (Phi) is 4.49. The Morgan fingerprint density at radius 1 is 1.31 bits per heavy atom. The standard InChI is InChI=1S/C11H12BrNO3/c1-7(14)13-10(11(15)16-2)8-3-5-9(12)6-4-8/h3-6,10H,1-2H3,(H,13,14)/t10-/m0/s1. The van der Waals surface area contributed by atoms with E-state index in [1.54, 1.807) is 24.3 Å². The summed E-state index contributed by atoms with van der Waals surface area (Å²) < 4.78 is 5.54. The molecule has 0 saturated carbocycles. The van der Waals surface area contributed by atoms with Crippen molar-refractivity contribution < 1.29 is 14.3 Å². The van der Waals surface area contributed by atoms with Gasteiger partial charge in [0.05, 0.1) is 7.11 Å². The predicted molar refractivity (Wildman–Crippen MR) is 62.7 cm³/mol. The summed E-state index contributed by atoms with van der Waals surface area (Å²) in [6, 6.07) is 6.35. The fourth-order valence-corrected chi connectivity index (χ4v) is 1.52. The number of carbonyl (C=O) groups excluding carboxylic acids is 2. The second-order valence-electron chi connectivity index (χ2n) is 3.21. The monoisotopic (exact) mass is 285 g/mol. The maximum atomic E-state index is 11.5. The lowest BCUT2D eigenvalue weighted by Gasteiger charge is -2.15. The second-order valence-corrected chi connectivity index (χ2v) is 4.12. The lowest BCUT2D eigenvalue weighted by atomic mass is 10.1. The summed E-state index contributed by atoms with van der Waals surface area (Å²) in [6.45, 7) is 1.36. The van der Waals surface area contributed by atoms with Crippen LogP contribution in [-0.2, 0) is 14.3 Å². The van der Waals surface area contributed by atoms with Crippen LogP contribution in [0.3, 0.4) is 0 Å². The molecule has 0 spiro atoms. The molecule has 86 valence electrons. The molecule has 1 aromatic rings. The van der Waals surface area contributed by atoms with Crippen LogP contribution in [0.4, 0.5) is 0 Å². The molecule has 1 amide bonds. The minimum Gasteiger partial charge on any atom is -0.467 e. The first-order chi connectivity index (χ1) is 7.54. The number of nitrogens with one attached hydrogen (secondary N) is 1. The largest absolute Gasteiger partial charge is 0.467 e. The zero-order valence-corrected chi connectivity index (χ0v) is 10.6. The normalized spacial score (nSPS) is 11.7. The van der Waals surface area contributed by atoms with Gasteiger partial charge in [0, 0.05) is 11.4 Å². The Morgan fingerprint density at radius 2 is 1.88 bits per heavy atom. The number of ether oxygens (including phenoxy) is 1. The quantitative estimate of drug-likeness (QED) is 0.862. The van der Waals surface area contributed by atoms with Crippen molar-refractivity contribution in [3.05, 3.63) is 34.3 Å². The molecule has 1 N–H and O–H groups in total. The molecule has 1 atom stereocenters. The average Bonchev–Trinajstić information content (AvgIpc) is 2.26. The van der Waals surface area contributed by atoms with Crippen molar-refractivity contribution in [2.45, 2.75) is 13.0 Å². The van der Waals surface area contributed by atoms with Gasteiger partial charge in [0.25, 0.3) is 0 Å². The third-order valence-electron chi connectivity index (χ3n) is 1.99. The SMILES string of the molecule is COC(=O)[C@@H](NC(C)=O)c1ccc(Br)cc1. The van der Waals surface area contributed by atoms with Crippen molar-refractivity contribution in [3.8, 4) is 0 Å². The van der Waals surface area contributed by atoms with Gasteiger partial charge in [-0.25, -0.2) is 4.79 Å². The van der Waals surface area contributed by atoms with E-state index in [2.05, 4.69) is 26.0 Å². The van der Waals surface area contributed by atoms with Gasteiger partial charge in [-0.2, -0.15) is 0 Å². The number of hydrogen-bond acceptors (Lipinski definition) is 3. The van der Waals surface area contributed by atoms with Crippen LogP contribution >= 0.6 is 15.9 Å². The first-order valence-corrected chi connectivity index (χ1v) is 5.44. The van der Waals surface area contributed by atoms with Crippen LogP contribution in [0.2, 0.25) is 0 Å². The number of halogens is 1. The van der Waals surface area contributed by atoms with Gasteiger partial charge in [0.15, 0.2) is 6.04 Å². The molecule has 0 aromatic heterocycles. The molecule has 0 aliphatic heterocycles. The molecular formula is C11H12BrNO3. The van der Waals surface area contributed by atoms with Crippen LogP contribution in [0.5, 0.6) is 0 Å². The van der Waals surface area contributed by atoms with E-state index >= 15 is 0 Å². The molecule has 0 aliphatic rings. The molecule has 16 heavy (non-hydrogen) atoms. The molecule has 4 nitrogen and oxygen atoms in total. The van der Waals surface area contributed by atoms with Crippen molar-refractivity contribution in [3.63, 3.8) is 0 Å². The van der Waals surface area contributed by atoms with Crippen molar-refractivity contribution in [1.29, 1.82) is 0 Å². The molecule has 0 bridgehead atoms. The predicted octanol–water partition coefficient (Wildman–Crippen LogP) is 1.80. The molecule has 1 aromatic carbocycles. The Labute approximate surface area is 102 Å². The first kappa shape index (κ1) is 12.7. The minimum absolute atomic E-state index is 0.279. The Morgan fingerprint density at radius 3 is 2.31 bits per heavy atom. The zero-order chi connectivity index (χ0) is 12.1. The van der Waals surface area contributed by atoms with Gasteiger partial charge < -0.3 is 10.1 Å². The molecule has 5 heteroatoms. The summed E-state index contributed by atoms with van der Waals surface area (Å²) in [7, 11) is 1.29. The number of rotatable bonds is 3. The molecule has 1 rings (SSSR count). The van der Waals surface area contributed by atoms with E-state index in [0.29, 0.717) is 5.56 Å². The zero-order valence-electron chi connectivity index (χ0n) is 8.99. The molecule has 0 unspecified atom stereocenters. The highest BCUT2D eigenvalue weighted by molar-refractivity contribution is 9.10. The molecular weight excluding hydrogens is 274 g/mol. The molecule has 0 aliphatic carbocycles. The average molecular weight is 286 g/mol. The Bertz CT molecular complexity index is 389. The maximum Gasteiger partial charge on any atom is 0.333 e. The molecule has 0 radical (unpaired) electrons. The number of amides is 1. The summed E-state index contributed by atoms with van der Waals surface area (Å²) in [5.74, 6) is -0.768. The number of carbonyl (C=O) groups is 2. The van der Waals surface area contributed by atoms with Crippen molar-refractivity contribution >= 4 is 27.8 Å². The van der Waals surface area contributed by atoms with Crippen LogP contribution in [0.25, 0.3) is 0 Å². The van der Waals surface area contributed by atoms with Crippen LogP contribution < -0.4 is 5.32 Å². The van der Waals surface area contributed by atoms with Gasteiger partial charge in [0.1, 0.15) is 0 Å². The van der Waals surface area contributed by atoms with Gasteiger partial charge in [-0.1, -0.05) is 28.1 Å². The fourth-order valence-electron chi connectivity index (χ4n) is 1.25. The minimum atomic E-state index is -0.754. The smallest absolute Gasteiger partial charge is 0.333 e. The highest BCUT2D eigenvalue weighted by atomic mass is 79.9. The summed E-state index contributed by atoms with van der Waals surface area (Å²) in [5.41, 5.74) is 0.685. The fraction of sp³-hybridized carbons (Fsp3) is 0.273. The van der Waals surface area contributed by atoms with Crippen LogP contribution in [0, 0.1) is 0 Å². The van der Waals surface area contributed by atoms with E-state index in [1.807, 2.05) is 0 Å². The molecule has 0 heterocycles. The van der Waals surface area contributed by atoms with E-state index in [9.17, 15) is 9.59 Å². The number of benzene rings is 1. The first-order valence-electron chi connectivity index (χ1n) is 4.65. The van der Waals surface area contributed by atoms with Gasteiger partial charge >= 0.3 is 5.97 Å². The topological polar surface area (TPSA) is 55.4 Å². The second kappa shape index (κ2) is 5.65. The summed E-state index contributed by atoms with van der Waals surface area (Å²) >= 11 is 3.30. The van der Waals surface area contributed by atoms with E-state index in [0.717, 1.165) is 4.47 Å². The Balaban J connectivity index is 2.96.